The van der Waals surface area contributed by atoms with Crippen LogP contribution in [0.1, 0.15) is 108 Å². The van der Waals surface area contributed by atoms with Crippen molar-refractivity contribution in [1.29, 1.82) is 0 Å². The molecule has 0 atom stereocenters. The SMILES string of the molecule is CCCCCCCC/C=C\CCCCCCCC(=O)O.CS(=O)(=O)CCNCc1ccc(-c2ccc3ncnc(Nc4ccc(OCc5cccc(F)c5)c(Cl)c4)c3c2)o1. The number of anilines is 2. The molecule has 2 aromatic heterocycles. The van der Waals surface area contributed by atoms with E-state index in [-0.39, 0.29) is 18.2 Å². The lowest BCUT2D eigenvalue weighted by molar-refractivity contribution is -0.137. The Bertz CT molecular complexity index is 2200. The van der Waals surface area contributed by atoms with Gasteiger partial charge >= 0.3 is 5.97 Å². The number of furan rings is 1. The number of carbonyl (C=O) groups is 1. The van der Waals surface area contributed by atoms with Gasteiger partial charge in [0.2, 0.25) is 0 Å². The summed E-state index contributed by atoms with van der Waals surface area (Å²) in [5, 5.41) is 16.1. The Kier molecular flexibility index (Phi) is 21.1. The highest BCUT2D eigenvalue weighted by atomic mass is 35.5. The van der Waals surface area contributed by atoms with Crippen LogP contribution in [0.25, 0.3) is 22.2 Å². The molecule has 5 aromatic rings. The van der Waals surface area contributed by atoms with Gasteiger partial charge in [-0.25, -0.2) is 22.8 Å². The summed E-state index contributed by atoms with van der Waals surface area (Å²) in [6.07, 6.45) is 23.9. The topological polar surface area (TPSA) is 144 Å². The fourth-order valence-electron chi connectivity index (χ4n) is 6.37. The normalized spacial score (nSPS) is 11.5. The number of fused-ring (bicyclic) bond motifs is 1. The van der Waals surface area contributed by atoms with Crippen LogP contribution in [-0.4, -0.2) is 48.0 Å². The van der Waals surface area contributed by atoms with Crippen LogP contribution >= 0.6 is 11.6 Å². The van der Waals surface area contributed by atoms with Crippen molar-refractivity contribution in [2.45, 2.75) is 110 Å². The van der Waals surface area contributed by atoms with Gasteiger partial charge in [-0.2, -0.15) is 0 Å². The van der Waals surface area contributed by atoms with Crippen LogP contribution in [0, 0.1) is 5.82 Å². The molecule has 60 heavy (non-hydrogen) atoms. The van der Waals surface area contributed by atoms with E-state index < -0.39 is 15.8 Å². The second-order valence-electron chi connectivity index (χ2n) is 14.9. The Morgan fingerprint density at radius 3 is 2.32 bits per heavy atom. The molecule has 0 fully saturated rings. The molecule has 0 aliphatic rings. The predicted octanol–water partition coefficient (Wildman–Crippen LogP) is 12.2. The Balaban J connectivity index is 0.000000337. The number of nitrogens with one attached hydrogen (secondary N) is 2. The number of benzene rings is 3. The molecule has 0 unspecified atom stereocenters. The zero-order valence-electron chi connectivity index (χ0n) is 34.9. The van der Waals surface area contributed by atoms with Gasteiger partial charge in [0, 0.05) is 35.9 Å². The lowest BCUT2D eigenvalue weighted by Crippen LogP contribution is -2.21. The maximum atomic E-state index is 13.4. The van der Waals surface area contributed by atoms with Gasteiger partial charge in [0.25, 0.3) is 0 Å². The highest BCUT2D eigenvalue weighted by Gasteiger charge is 2.12. The van der Waals surface area contributed by atoms with Crippen molar-refractivity contribution < 1.29 is 31.9 Å². The molecule has 3 N–H and O–H groups in total. The van der Waals surface area contributed by atoms with Crippen LogP contribution in [-0.2, 0) is 27.8 Å². The van der Waals surface area contributed by atoms with Crippen LogP contribution in [0.4, 0.5) is 15.9 Å². The summed E-state index contributed by atoms with van der Waals surface area (Å²) >= 11 is 6.47. The van der Waals surface area contributed by atoms with Crippen molar-refractivity contribution in [2.75, 3.05) is 23.9 Å². The summed E-state index contributed by atoms with van der Waals surface area (Å²) < 4.78 is 47.8. The molecule has 3 aromatic carbocycles. The van der Waals surface area contributed by atoms with E-state index in [1.165, 1.54) is 95.3 Å². The molecule has 0 spiro atoms. The van der Waals surface area contributed by atoms with Gasteiger partial charge in [0.05, 0.1) is 22.8 Å². The molecule has 0 radical (unpaired) electrons. The highest BCUT2D eigenvalue weighted by molar-refractivity contribution is 7.90. The molecule has 324 valence electrons. The van der Waals surface area contributed by atoms with Crippen molar-refractivity contribution in [3.8, 4) is 17.1 Å². The molecule has 0 saturated carbocycles. The van der Waals surface area contributed by atoms with Crippen LogP contribution < -0.4 is 15.4 Å². The van der Waals surface area contributed by atoms with Gasteiger partial charge in [0.1, 0.15) is 51.7 Å². The van der Waals surface area contributed by atoms with E-state index in [0.29, 0.717) is 58.9 Å². The monoisotopic (exact) mass is 862 g/mol. The summed E-state index contributed by atoms with van der Waals surface area (Å²) in [5.74, 6) is 1.51. The minimum atomic E-state index is -3.02. The van der Waals surface area contributed by atoms with E-state index in [1.54, 1.807) is 24.3 Å². The van der Waals surface area contributed by atoms with Crippen LogP contribution in [0.2, 0.25) is 5.02 Å². The quantitative estimate of drug-likeness (QED) is 0.0363. The van der Waals surface area contributed by atoms with E-state index in [2.05, 4.69) is 39.7 Å². The van der Waals surface area contributed by atoms with Gasteiger partial charge < -0.3 is 24.9 Å². The fourth-order valence-corrected chi connectivity index (χ4v) is 7.12. The third kappa shape index (κ3) is 18.6. The average Bonchev–Trinajstić information content (AvgIpc) is 3.70. The Morgan fingerprint density at radius 1 is 0.883 bits per heavy atom. The Hall–Kier alpha value is -4.78. The number of ether oxygens (including phenoxy) is 1. The minimum Gasteiger partial charge on any atom is -0.487 e. The number of sulfone groups is 1. The first kappa shape index (κ1) is 47.9. The van der Waals surface area contributed by atoms with Gasteiger partial charge in [-0.1, -0.05) is 94.2 Å². The van der Waals surface area contributed by atoms with E-state index in [1.807, 2.05) is 36.4 Å². The number of unbranched alkanes of at least 4 members (excludes halogenated alkanes) is 11. The smallest absolute Gasteiger partial charge is 0.303 e. The second kappa shape index (κ2) is 26.4. The summed E-state index contributed by atoms with van der Waals surface area (Å²) in [5.41, 5.74) is 2.99. The number of allylic oxidation sites excluding steroid dienone is 2. The van der Waals surface area contributed by atoms with Gasteiger partial charge in [-0.3, -0.25) is 4.79 Å². The minimum absolute atomic E-state index is 0.0664. The van der Waals surface area contributed by atoms with Crippen molar-refractivity contribution in [1.82, 2.24) is 15.3 Å². The number of halogens is 2. The van der Waals surface area contributed by atoms with Crippen LogP contribution in [0.5, 0.6) is 5.75 Å². The molecular formula is C47H60ClFN4O6S. The Labute approximate surface area is 359 Å². The maximum absolute atomic E-state index is 13.4. The summed E-state index contributed by atoms with van der Waals surface area (Å²) in [7, 11) is -3.02. The van der Waals surface area contributed by atoms with Gasteiger partial charge in [-0.15, -0.1) is 0 Å². The lowest BCUT2D eigenvalue weighted by atomic mass is 10.1. The highest BCUT2D eigenvalue weighted by Crippen LogP contribution is 2.33. The number of rotatable bonds is 26. The summed E-state index contributed by atoms with van der Waals surface area (Å²) in [6, 6.07) is 21.0. The molecule has 0 aliphatic heterocycles. The molecule has 0 aliphatic carbocycles. The zero-order valence-corrected chi connectivity index (χ0v) is 36.5. The average molecular weight is 864 g/mol. The number of hydrogen-bond donors (Lipinski definition) is 3. The predicted molar refractivity (Wildman–Crippen MR) is 241 cm³/mol. The Morgan fingerprint density at radius 2 is 1.62 bits per heavy atom. The van der Waals surface area contributed by atoms with Gasteiger partial charge in [-0.05, 0) is 98.3 Å². The number of carboxylic acids is 1. The number of aromatic nitrogens is 2. The number of hydrogen-bond acceptors (Lipinski definition) is 9. The first-order valence-corrected chi connectivity index (χ1v) is 23.5. The first-order valence-electron chi connectivity index (χ1n) is 21.0. The van der Waals surface area contributed by atoms with E-state index in [0.717, 1.165) is 29.3 Å². The third-order valence-electron chi connectivity index (χ3n) is 9.66. The largest absolute Gasteiger partial charge is 0.487 e. The third-order valence-corrected chi connectivity index (χ3v) is 10.9. The molecule has 5 rings (SSSR count). The zero-order chi connectivity index (χ0) is 43.0. The summed E-state index contributed by atoms with van der Waals surface area (Å²) in [6.45, 7) is 3.22. The maximum Gasteiger partial charge on any atom is 0.303 e. The van der Waals surface area contributed by atoms with E-state index >= 15 is 0 Å². The van der Waals surface area contributed by atoms with Crippen molar-refractivity contribution in [3.63, 3.8) is 0 Å². The molecule has 13 heteroatoms. The first-order chi connectivity index (χ1) is 29.0. The van der Waals surface area contributed by atoms with Crippen molar-refractivity contribution >= 4 is 49.8 Å². The molecule has 2 heterocycles. The van der Waals surface area contributed by atoms with Gasteiger partial charge in [0.15, 0.2) is 0 Å². The standard InChI is InChI=1S/C29H26ClFN4O4S.C18H34O2/c1-40(36,37)12-11-32-16-23-7-10-27(39-23)20-5-8-26-24(14-20)29(34-18-33-26)35-22-6-9-28(25(30)15-22)38-17-19-3-2-4-21(31)13-19;1-2-3-4-5-6-7-8-9-10-11-12-13-14-15-16-17-18(19)20/h2-10,13-15,18,32H,11-12,16-17H2,1H3,(H,33,34,35);9-10H,2-8,11-17H2,1H3,(H,19,20)/b;10-9-. The molecule has 10 nitrogen and oxygen atoms in total. The van der Waals surface area contributed by atoms with Crippen LogP contribution in [0.3, 0.4) is 0 Å². The molecular weight excluding hydrogens is 803 g/mol. The molecule has 0 amide bonds. The lowest BCUT2D eigenvalue weighted by Gasteiger charge is -2.12. The molecule has 0 saturated heterocycles. The fraction of sp³-hybridized carbons (Fsp3) is 0.426. The molecule has 0 bridgehead atoms. The second-order valence-corrected chi connectivity index (χ2v) is 17.6. The van der Waals surface area contributed by atoms with Crippen molar-refractivity contribution in [3.05, 3.63) is 113 Å². The number of aliphatic carboxylic acids is 1. The van der Waals surface area contributed by atoms with Crippen molar-refractivity contribution in [2.24, 2.45) is 0 Å². The van der Waals surface area contributed by atoms with Crippen LogP contribution in [0.15, 0.2) is 95.7 Å². The number of carboxylic acid groups (broad SMARTS) is 1. The summed E-state index contributed by atoms with van der Waals surface area (Å²) in [4.78, 5) is 19.1. The van der Waals surface area contributed by atoms with E-state index in [9.17, 15) is 17.6 Å². The van der Waals surface area contributed by atoms with E-state index in [4.69, 9.17) is 25.9 Å². The number of nitrogens with zero attached hydrogens (tertiary/aromatic N) is 2.